The van der Waals surface area contributed by atoms with Gasteiger partial charge in [0.05, 0.1) is 11.1 Å². The van der Waals surface area contributed by atoms with Crippen molar-refractivity contribution in [2.75, 3.05) is 5.32 Å². The first-order valence-electron chi connectivity index (χ1n) is 7.37. The highest BCUT2D eigenvalue weighted by atomic mass is 16.3. The average Bonchev–Trinajstić information content (AvgIpc) is 3.01. The molecule has 2 N–H and O–H groups in total. The van der Waals surface area contributed by atoms with E-state index in [0.717, 1.165) is 31.2 Å². The zero-order valence-electron chi connectivity index (χ0n) is 11.9. The van der Waals surface area contributed by atoms with Crippen LogP contribution in [-0.4, -0.2) is 11.0 Å². The van der Waals surface area contributed by atoms with Gasteiger partial charge in [-0.25, -0.2) is 0 Å². The largest absolute Gasteiger partial charge is 0.506 e. The number of carbonyl (C=O) groups excluding carboxylic acids is 1. The van der Waals surface area contributed by atoms with E-state index in [0.29, 0.717) is 5.69 Å². The van der Waals surface area contributed by atoms with Crippen LogP contribution >= 0.6 is 0 Å². The minimum Gasteiger partial charge on any atom is -0.506 e. The molecular formula is C18H19NO2. The topological polar surface area (TPSA) is 49.3 Å². The molecule has 1 saturated carbocycles. The predicted octanol–water partition coefficient (Wildman–Crippen LogP) is 3.84. The molecule has 0 aromatic heterocycles. The number of benzene rings is 2. The van der Waals surface area contributed by atoms with Gasteiger partial charge in [0.15, 0.2) is 0 Å². The van der Waals surface area contributed by atoms with Crippen molar-refractivity contribution in [1.82, 2.24) is 0 Å². The van der Waals surface area contributed by atoms with Crippen LogP contribution in [0.1, 0.15) is 31.2 Å². The first-order chi connectivity index (χ1) is 10.2. The number of para-hydroxylation sites is 2. The van der Waals surface area contributed by atoms with Gasteiger partial charge in [-0.15, -0.1) is 0 Å². The van der Waals surface area contributed by atoms with Gasteiger partial charge in [-0.05, 0) is 30.5 Å². The third kappa shape index (κ3) is 2.51. The summed E-state index contributed by atoms with van der Waals surface area (Å²) in [6, 6.07) is 16.8. The van der Waals surface area contributed by atoms with Crippen LogP contribution in [0, 0.1) is 0 Å². The van der Waals surface area contributed by atoms with Gasteiger partial charge < -0.3 is 10.4 Å². The highest BCUT2D eigenvalue weighted by molar-refractivity contribution is 6.00. The molecule has 3 nitrogen and oxygen atoms in total. The molecule has 0 aliphatic heterocycles. The molecule has 1 aliphatic rings. The summed E-state index contributed by atoms with van der Waals surface area (Å²) in [6.07, 6.45) is 3.83. The standard InChI is InChI=1S/C18H19NO2/c20-16-11-5-4-10-15(16)19-17(21)18(12-6-7-13-18)14-8-2-1-3-9-14/h1-5,8-11,20H,6-7,12-13H2,(H,19,21). The first-order valence-corrected chi connectivity index (χ1v) is 7.37. The van der Waals surface area contributed by atoms with Crippen LogP contribution in [0.2, 0.25) is 0 Å². The second-order valence-electron chi connectivity index (χ2n) is 5.63. The molecule has 108 valence electrons. The van der Waals surface area contributed by atoms with E-state index >= 15 is 0 Å². The summed E-state index contributed by atoms with van der Waals surface area (Å²) in [4.78, 5) is 12.9. The quantitative estimate of drug-likeness (QED) is 0.840. The Balaban J connectivity index is 1.92. The Hall–Kier alpha value is -2.29. The van der Waals surface area contributed by atoms with E-state index in [-0.39, 0.29) is 11.7 Å². The number of anilines is 1. The van der Waals surface area contributed by atoms with Crippen molar-refractivity contribution in [3.8, 4) is 5.75 Å². The molecule has 0 bridgehead atoms. The van der Waals surface area contributed by atoms with E-state index in [4.69, 9.17) is 0 Å². The molecule has 1 aliphatic carbocycles. The number of phenolic OH excluding ortho intramolecular Hbond substituents is 1. The van der Waals surface area contributed by atoms with Gasteiger partial charge in [-0.2, -0.15) is 0 Å². The Morgan fingerprint density at radius 1 is 0.952 bits per heavy atom. The van der Waals surface area contributed by atoms with E-state index in [1.165, 1.54) is 0 Å². The molecule has 0 spiro atoms. The van der Waals surface area contributed by atoms with Gasteiger partial charge in [0.1, 0.15) is 5.75 Å². The average molecular weight is 281 g/mol. The van der Waals surface area contributed by atoms with Gasteiger partial charge in [0.2, 0.25) is 5.91 Å². The van der Waals surface area contributed by atoms with Gasteiger partial charge in [-0.3, -0.25) is 4.79 Å². The lowest BCUT2D eigenvalue weighted by Gasteiger charge is -2.28. The highest BCUT2D eigenvalue weighted by Crippen LogP contribution is 2.42. The van der Waals surface area contributed by atoms with Crippen molar-refractivity contribution in [3.05, 3.63) is 60.2 Å². The fourth-order valence-electron chi connectivity index (χ4n) is 3.20. The van der Waals surface area contributed by atoms with Crippen molar-refractivity contribution in [3.63, 3.8) is 0 Å². The van der Waals surface area contributed by atoms with Crippen LogP contribution in [0.5, 0.6) is 5.75 Å². The van der Waals surface area contributed by atoms with E-state index in [2.05, 4.69) is 5.32 Å². The summed E-state index contributed by atoms with van der Waals surface area (Å²) < 4.78 is 0. The van der Waals surface area contributed by atoms with E-state index in [9.17, 15) is 9.90 Å². The predicted molar refractivity (Wildman–Crippen MR) is 83.3 cm³/mol. The Labute approximate surface area is 124 Å². The fraction of sp³-hybridized carbons (Fsp3) is 0.278. The summed E-state index contributed by atoms with van der Waals surface area (Å²) in [5, 5.41) is 12.7. The second kappa shape index (κ2) is 5.60. The zero-order valence-corrected chi connectivity index (χ0v) is 11.9. The summed E-state index contributed by atoms with van der Waals surface area (Å²) in [7, 11) is 0. The fourth-order valence-corrected chi connectivity index (χ4v) is 3.20. The molecule has 2 aromatic rings. The van der Waals surface area contributed by atoms with E-state index in [1.807, 2.05) is 30.3 Å². The monoisotopic (exact) mass is 281 g/mol. The van der Waals surface area contributed by atoms with Crippen LogP contribution < -0.4 is 5.32 Å². The summed E-state index contributed by atoms with van der Waals surface area (Å²) >= 11 is 0. The van der Waals surface area contributed by atoms with Gasteiger partial charge in [0.25, 0.3) is 0 Å². The molecular weight excluding hydrogens is 262 g/mol. The Bertz CT molecular complexity index is 631. The molecule has 0 atom stereocenters. The maximum atomic E-state index is 12.9. The van der Waals surface area contributed by atoms with Crippen LogP contribution in [0.15, 0.2) is 54.6 Å². The molecule has 0 radical (unpaired) electrons. The summed E-state index contributed by atoms with van der Waals surface area (Å²) in [6.45, 7) is 0. The minimum absolute atomic E-state index is 0.0206. The van der Waals surface area contributed by atoms with E-state index < -0.39 is 5.41 Å². The van der Waals surface area contributed by atoms with Gasteiger partial charge in [0, 0.05) is 0 Å². The van der Waals surface area contributed by atoms with Crippen molar-refractivity contribution < 1.29 is 9.90 Å². The number of amides is 1. The van der Waals surface area contributed by atoms with Crippen molar-refractivity contribution in [2.24, 2.45) is 0 Å². The lowest BCUT2D eigenvalue weighted by atomic mass is 9.78. The second-order valence-corrected chi connectivity index (χ2v) is 5.63. The summed E-state index contributed by atoms with van der Waals surface area (Å²) in [5.41, 5.74) is 1.07. The van der Waals surface area contributed by atoms with Crippen LogP contribution in [0.4, 0.5) is 5.69 Å². The van der Waals surface area contributed by atoms with Gasteiger partial charge >= 0.3 is 0 Å². The lowest BCUT2D eigenvalue weighted by molar-refractivity contribution is -0.121. The molecule has 0 heterocycles. The molecule has 21 heavy (non-hydrogen) atoms. The number of phenols is 1. The SMILES string of the molecule is O=C(Nc1ccccc1O)C1(c2ccccc2)CCCC1. The molecule has 2 aromatic carbocycles. The molecule has 1 amide bonds. The number of rotatable bonds is 3. The number of hydrogen-bond donors (Lipinski definition) is 2. The maximum absolute atomic E-state index is 12.9. The first kappa shape index (κ1) is 13.7. The number of carbonyl (C=O) groups is 1. The number of hydrogen-bond acceptors (Lipinski definition) is 2. The zero-order chi connectivity index (χ0) is 14.7. The minimum atomic E-state index is -0.469. The Morgan fingerprint density at radius 2 is 1.57 bits per heavy atom. The normalized spacial score (nSPS) is 16.6. The number of aromatic hydroxyl groups is 1. The van der Waals surface area contributed by atoms with E-state index in [1.54, 1.807) is 24.3 Å². The van der Waals surface area contributed by atoms with Gasteiger partial charge in [-0.1, -0.05) is 55.3 Å². The van der Waals surface area contributed by atoms with Crippen LogP contribution in [0.3, 0.4) is 0 Å². The maximum Gasteiger partial charge on any atom is 0.235 e. The van der Waals surface area contributed by atoms with Crippen molar-refractivity contribution in [1.29, 1.82) is 0 Å². The van der Waals surface area contributed by atoms with Crippen molar-refractivity contribution in [2.45, 2.75) is 31.1 Å². The molecule has 3 rings (SSSR count). The third-order valence-electron chi connectivity index (χ3n) is 4.37. The molecule has 3 heteroatoms. The molecule has 1 fully saturated rings. The Morgan fingerprint density at radius 3 is 2.24 bits per heavy atom. The molecule has 0 saturated heterocycles. The third-order valence-corrected chi connectivity index (χ3v) is 4.37. The van der Waals surface area contributed by atoms with Crippen LogP contribution in [0.25, 0.3) is 0 Å². The lowest BCUT2D eigenvalue weighted by Crippen LogP contribution is -2.37. The number of nitrogens with one attached hydrogen (secondary N) is 1. The smallest absolute Gasteiger partial charge is 0.235 e. The molecule has 0 unspecified atom stereocenters. The van der Waals surface area contributed by atoms with Crippen molar-refractivity contribution >= 4 is 11.6 Å². The Kier molecular flexibility index (Phi) is 3.65. The van der Waals surface area contributed by atoms with Crippen LogP contribution in [-0.2, 0) is 10.2 Å². The highest BCUT2D eigenvalue weighted by Gasteiger charge is 2.42. The summed E-state index contributed by atoms with van der Waals surface area (Å²) in [5.74, 6) is 0.0831.